The van der Waals surface area contributed by atoms with Gasteiger partial charge in [-0.2, -0.15) is 0 Å². The van der Waals surface area contributed by atoms with Crippen molar-refractivity contribution in [1.82, 2.24) is 0 Å². The van der Waals surface area contributed by atoms with E-state index >= 15 is 0 Å². The topological polar surface area (TPSA) is 214 Å². The Morgan fingerprint density at radius 1 is 0.829 bits per heavy atom. The molecule has 41 heavy (non-hydrogen) atoms. The van der Waals surface area contributed by atoms with Crippen molar-refractivity contribution in [1.29, 1.82) is 0 Å². The molecule has 14 atom stereocenters. The first-order valence-corrected chi connectivity index (χ1v) is 14.6. The van der Waals surface area contributed by atoms with Crippen LogP contribution in [0.5, 0.6) is 0 Å². The number of aliphatic carboxylic acids is 1. The summed E-state index contributed by atoms with van der Waals surface area (Å²) in [5, 5.41) is 72.4. The fourth-order valence-electron chi connectivity index (χ4n) is 6.17. The van der Waals surface area contributed by atoms with E-state index in [-0.39, 0.29) is 31.5 Å². The Morgan fingerprint density at radius 3 is 2.17 bits per heavy atom. The Hall–Kier alpha value is -1.01. The van der Waals surface area contributed by atoms with Crippen molar-refractivity contribution >= 4 is 5.97 Å². The largest absolute Gasteiger partial charge is 0.479 e. The molecule has 4 rings (SSSR count). The molecule has 0 bridgehead atoms. The summed E-state index contributed by atoms with van der Waals surface area (Å²) >= 11 is 0. The number of hydrogen-bond donors (Lipinski definition) is 7. The zero-order chi connectivity index (χ0) is 29.8. The van der Waals surface area contributed by atoms with E-state index in [0.717, 1.165) is 32.1 Å². The van der Waals surface area contributed by atoms with Gasteiger partial charge in [0.15, 0.2) is 18.7 Å². The average Bonchev–Trinajstić information content (AvgIpc) is 2.95. The van der Waals surface area contributed by atoms with E-state index < -0.39 is 92.3 Å². The number of ether oxygens (including phenoxy) is 6. The molecule has 3 saturated heterocycles. The molecular formula is C27H46O14. The van der Waals surface area contributed by atoms with Crippen molar-refractivity contribution in [3.05, 3.63) is 0 Å². The Morgan fingerprint density at radius 2 is 1.51 bits per heavy atom. The van der Waals surface area contributed by atoms with Crippen LogP contribution < -0.4 is 0 Å². The van der Waals surface area contributed by atoms with Crippen LogP contribution in [-0.2, 0) is 33.2 Å². The summed E-state index contributed by atoms with van der Waals surface area (Å²) in [6.07, 6.45) is -11.6. The number of aliphatic hydroxyl groups is 6. The van der Waals surface area contributed by atoms with Crippen molar-refractivity contribution in [2.45, 2.75) is 132 Å². The van der Waals surface area contributed by atoms with E-state index in [1.807, 2.05) is 0 Å². The zero-order valence-corrected chi connectivity index (χ0v) is 23.5. The van der Waals surface area contributed by atoms with E-state index in [1.54, 1.807) is 6.92 Å². The molecule has 0 aromatic heterocycles. The minimum atomic E-state index is -1.63. The smallest absolute Gasteiger partial charge is 0.332 e. The highest BCUT2D eigenvalue weighted by atomic mass is 16.7. The lowest BCUT2D eigenvalue weighted by molar-refractivity contribution is -0.354. The molecule has 4 aliphatic rings. The van der Waals surface area contributed by atoms with Crippen molar-refractivity contribution in [2.24, 2.45) is 11.8 Å². The van der Waals surface area contributed by atoms with Crippen molar-refractivity contribution in [2.75, 3.05) is 19.8 Å². The van der Waals surface area contributed by atoms with Gasteiger partial charge in [-0.3, -0.25) is 0 Å². The summed E-state index contributed by atoms with van der Waals surface area (Å²) in [4.78, 5) is 12.1. The van der Waals surface area contributed by atoms with Gasteiger partial charge in [-0.05, 0) is 19.3 Å². The summed E-state index contributed by atoms with van der Waals surface area (Å²) < 4.78 is 34.8. The van der Waals surface area contributed by atoms with Gasteiger partial charge in [0.2, 0.25) is 0 Å². The van der Waals surface area contributed by atoms with Crippen LogP contribution >= 0.6 is 0 Å². The average molecular weight is 595 g/mol. The van der Waals surface area contributed by atoms with E-state index in [2.05, 4.69) is 0 Å². The van der Waals surface area contributed by atoms with Crippen LogP contribution in [0.25, 0.3) is 0 Å². The van der Waals surface area contributed by atoms with E-state index in [9.17, 15) is 40.5 Å². The molecule has 0 spiro atoms. The normalized spacial score (nSPS) is 45.3. The zero-order valence-electron chi connectivity index (χ0n) is 23.5. The second kappa shape index (κ2) is 14.6. The number of rotatable bonds is 10. The quantitative estimate of drug-likeness (QED) is 0.153. The van der Waals surface area contributed by atoms with Crippen LogP contribution in [0.1, 0.15) is 52.4 Å². The second-order valence-electron chi connectivity index (χ2n) is 11.8. The van der Waals surface area contributed by atoms with Crippen molar-refractivity contribution in [3.63, 3.8) is 0 Å². The third-order valence-electron chi connectivity index (χ3n) is 8.69. The monoisotopic (exact) mass is 594 g/mol. The number of hydrogen-bond acceptors (Lipinski definition) is 13. The molecule has 14 nitrogen and oxygen atoms in total. The highest BCUT2D eigenvalue weighted by Gasteiger charge is 2.50. The molecule has 1 unspecified atom stereocenters. The second-order valence-corrected chi connectivity index (χ2v) is 11.8. The highest BCUT2D eigenvalue weighted by molar-refractivity contribution is 5.72. The minimum absolute atomic E-state index is 0.0115. The number of carboxylic acid groups (broad SMARTS) is 1. The van der Waals surface area contributed by atoms with Gasteiger partial charge in [0.05, 0.1) is 32.0 Å². The lowest BCUT2D eigenvalue weighted by Gasteiger charge is -2.46. The molecule has 3 heterocycles. The van der Waals surface area contributed by atoms with Crippen LogP contribution in [0.15, 0.2) is 0 Å². The third kappa shape index (κ3) is 7.75. The fourth-order valence-corrected chi connectivity index (χ4v) is 6.17. The maximum atomic E-state index is 12.1. The van der Waals surface area contributed by atoms with E-state index in [0.29, 0.717) is 0 Å². The standard InChI is InChI=1S/C27H46O14/c1-12-10-36-11-17(23(12)41-26-21(32)20(31)18(29)13(2)37-26)40-27-22(33)24(19(30)16(9-28)39-27)38-15(25(34)35)8-14-6-4-3-5-7-14/h12-24,26-33H,3-11H2,1-2H3,(H,34,35)/t12?,13-,15-,16+,17+,18+,19-,20+,21-,22+,23+,24-,26-,27-/m0/s1. The van der Waals surface area contributed by atoms with E-state index in [1.165, 1.54) is 6.92 Å². The molecule has 238 valence electrons. The SMILES string of the molecule is CC1COC[C@@H](O[C@@H]2O[C@H](CO)[C@H](O)[C@H](O[C@@H](CC3CCCCC3)C(=O)O)[C@H]2O)[C@@H]1O[C@@H]1O[C@@H](C)[C@@H](O)[C@@H](O)[C@@H]1O. The van der Waals surface area contributed by atoms with Gasteiger partial charge in [-0.15, -0.1) is 0 Å². The molecule has 1 aliphatic carbocycles. The van der Waals surface area contributed by atoms with Gasteiger partial charge >= 0.3 is 5.97 Å². The van der Waals surface area contributed by atoms with Gasteiger partial charge in [0.25, 0.3) is 0 Å². The molecule has 7 N–H and O–H groups in total. The molecule has 1 saturated carbocycles. The molecule has 0 aromatic rings. The summed E-state index contributed by atoms with van der Waals surface area (Å²) in [6, 6.07) is 0. The molecule has 0 aromatic carbocycles. The molecule has 0 amide bonds. The molecule has 14 heteroatoms. The Balaban J connectivity index is 1.46. The van der Waals surface area contributed by atoms with Gasteiger partial charge in [0, 0.05) is 5.92 Å². The minimum Gasteiger partial charge on any atom is -0.479 e. The Labute approximate surface area is 239 Å². The third-order valence-corrected chi connectivity index (χ3v) is 8.69. The number of carboxylic acids is 1. The first-order chi connectivity index (χ1) is 19.5. The number of aliphatic hydroxyl groups excluding tert-OH is 6. The summed E-state index contributed by atoms with van der Waals surface area (Å²) in [5.41, 5.74) is 0. The summed E-state index contributed by atoms with van der Waals surface area (Å²) in [7, 11) is 0. The van der Waals surface area contributed by atoms with Crippen molar-refractivity contribution in [3.8, 4) is 0 Å². The Kier molecular flexibility index (Phi) is 11.7. The Bertz CT molecular complexity index is 826. The predicted molar refractivity (Wildman–Crippen MR) is 137 cm³/mol. The fraction of sp³-hybridized carbons (Fsp3) is 0.963. The first-order valence-electron chi connectivity index (χ1n) is 14.6. The van der Waals surface area contributed by atoms with Crippen molar-refractivity contribution < 1.29 is 69.0 Å². The highest BCUT2D eigenvalue weighted by Crippen LogP contribution is 2.33. The molecule has 0 radical (unpaired) electrons. The van der Waals surface area contributed by atoms with Gasteiger partial charge in [0.1, 0.15) is 48.8 Å². The number of carbonyl (C=O) groups is 1. The lowest BCUT2D eigenvalue weighted by Crippen LogP contribution is -2.63. The van der Waals surface area contributed by atoms with Crippen LogP contribution in [0.4, 0.5) is 0 Å². The van der Waals surface area contributed by atoms with Crippen LogP contribution in [0, 0.1) is 11.8 Å². The summed E-state index contributed by atoms with van der Waals surface area (Å²) in [5.74, 6) is -1.36. The van der Waals surface area contributed by atoms with E-state index in [4.69, 9.17) is 28.4 Å². The van der Waals surface area contributed by atoms with Gasteiger partial charge in [-0.1, -0.05) is 39.0 Å². The van der Waals surface area contributed by atoms with Crippen LogP contribution in [0.3, 0.4) is 0 Å². The predicted octanol–water partition coefficient (Wildman–Crippen LogP) is -1.50. The maximum absolute atomic E-state index is 12.1. The molecule has 3 aliphatic heterocycles. The van der Waals surface area contributed by atoms with Gasteiger partial charge < -0.3 is 64.2 Å². The van der Waals surface area contributed by atoms with Crippen LogP contribution in [-0.4, -0.2) is 141 Å². The molecular weight excluding hydrogens is 548 g/mol. The lowest BCUT2D eigenvalue weighted by atomic mass is 9.85. The molecule has 4 fully saturated rings. The summed E-state index contributed by atoms with van der Waals surface area (Å²) in [6.45, 7) is 2.95. The van der Waals surface area contributed by atoms with Crippen LogP contribution in [0.2, 0.25) is 0 Å². The first kappa shape index (κ1) is 32.9. The maximum Gasteiger partial charge on any atom is 0.332 e. The van der Waals surface area contributed by atoms with Gasteiger partial charge in [-0.25, -0.2) is 4.79 Å².